The maximum Gasteiger partial charge on any atom is 0.276 e. The second-order valence-corrected chi connectivity index (χ2v) is 5.12. The van der Waals surface area contributed by atoms with Crippen molar-refractivity contribution in [3.05, 3.63) is 69.9 Å². The number of nitro benzene ring substituents is 1. The number of ketones is 1. The van der Waals surface area contributed by atoms with Gasteiger partial charge in [0.25, 0.3) is 5.69 Å². The first-order chi connectivity index (χ1) is 11.1. The van der Waals surface area contributed by atoms with Crippen molar-refractivity contribution in [2.45, 2.75) is 6.92 Å². The number of hydrogen-bond acceptors (Lipinski definition) is 4. The summed E-state index contributed by atoms with van der Waals surface area (Å²) in [6, 6.07) is 12.1. The van der Waals surface area contributed by atoms with Gasteiger partial charge in [0, 0.05) is 28.7 Å². The van der Waals surface area contributed by atoms with Gasteiger partial charge >= 0.3 is 0 Å². The number of nitrogens with one attached hydrogen (secondary N) is 1. The van der Waals surface area contributed by atoms with Crippen LogP contribution in [0.3, 0.4) is 0 Å². The fourth-order valence-electron chi connectivity index (χ4n) is 2.48. The smallest absolute Gasteiger partial charge is 0.276 e. The first kappa shape index (κ1) is 14.8. The molecule has 6 nitrogen and oxygen atoms in total. The number of nitro groups is 1. The molecule has 2 aromatic carbocycles. The van der Waals surface area contributed by atoms with Crippen LogP contribution in [0.5, 0.6) is 5.75 Å². The summed E-state index contributed by atoms with van der Waals surface area (Å²) in [4.78, 5) is 25.8. The Kier molecular flexibility index (Phi) is 3.80. The number of nitrogens with zero attached hydrogens (tertiary/aromatic N) is 1. The molecule has 0 radical (unpaired) electrons. The van der Waals surface area contributed by atoms with Crippen molar-refractivity contribution in [1.82, 2.24) is 4.98 Å². The summed E-state index contributed by atoms with van der Waals surface area (Å²) in [6.07, 6.45) is 1.65. The summed E-state index contributed by atoms with van der Waals surface area (Å²) in [5.74, 6) is 0.153. The number of rotatable bonds is 5. The number of ether oxygens (including phenoxy) is 1. The van der Waals surface area contributed by atoms with Crippen LogP contribution in [0.15, 0.2) is 48.7 Å². The minimum absolute atomic E-state index is 0.0259. The number of aromatic nitrogens is 1. The van der Waals surface area contributed by atoms with Crippen LogP contribution in [-0.2, 0) is 0 Å². The second kappa shape index (κ2) is 5.92. The van der Waals surface area contributed by atoms with Gasteiger partial charge in [0.05, 0.1) is 10.5 Å². The van der Waals surface area contributed by atoms with Crippen LogP contribution < -0.4 is 4.74 Å². The number of para-hydroxylation sites is 1. The molecule has 1 heterocycles. The highest BCUT2D eigenvalue weighted by Gasteiger charge is 2.16. The summed E-state index contributed by atoms with van der Waals surface area (Å²) >= 11 is 0. The number of carbonyl (C=O) groups is 1. The zero-order valence-electron chi connectivity index (χ0n) is 12.4. The maximum atomic E-state index is 12.3. The highest BCUT2D eigenvalue weighted by Crippen LogP contribution is 2.27. The quantitative estimate of drug-likeness (QED) is 0.443. The number of H-pyrrole nitrogens is 1. The lowest BCUT2D eigenvalue weighted by Gasteiger charge is -2.08. The molecular formula is C17H14N2O4. The molecular weight excluding hydrogens is 296 g/mol. The highest BCUT2D eigenvalue weighted by molar-refractivity contribution is 6.08. The Balaban J connectivity index is 1.80. The third-order valence-electron chi connectivity index (χ3n) is 3.70. The molecule has 0 bridgehead atoms. The molecule has 0 saturated heterocycles. The van der Waals surface area contributed by atoms with Crippen molar-refractivity contribution in [3.63, 3.8) is 0 Å². The van der Waals surface area contributed by atoms with Gasteiger partial charge in [-0.1, -0.05) is 24.3 Å². The normalized spacial score (nSPS) is 10.7. The average Bonchev–Trinajstić information content (AvgIpc) is 2.97. The molecule has 23 heavy (non-hydrogen) atoms. The molecule has 116 valence electrons. The largest absolute Gasteiger partial charge is 0.485 e. The van der Waals surface area contributed by atoms with Crippen LogP contribution in [0, 0.1) is 17.0 Å². The van der Waals surface area contributed by atoms with Crippen molar-refractivity contribution in [1.29, 1.82) is 0 Å². The highest BCUT2D eigenvalue weighted by atomic mass is 16.6. The molecule has 0 spiro atoms. The average molecular weight is 310 g/mol. The summed E-state index contributed by atoms with van der Waals surface area (Å²) in [5, 5.41) is 11.8. The number of benzene rings is 2. The van der Waals surface area contributed by atoms with E-state index in [4.69, 9.17) is 4.74 Å². The molecule has 0 fully saturated rings. The van der Waals surface area contributed by atoms with Crippen LogP contribution >= 0.6 is 0 Å². The first-order valence-electron chi connectivity index (χ1n) is 7.04. The van der Waals surface area contributed by atoms with Gasteiger partial charge in [-0.25, -0.2) is 0 Å². The molecule has 3 aromatic rings. The number of hydrogen-bond donors (Lipinski definition) is 1. The molecule has 0 aliphatic carbocycles. The Morgan fingerprint density at radius 3 is 2.78 bits per heavy atom. The number of Topliss-reactive ketones (excluding diaryl/α,β-unsaturated/α-hetero) is 1. The third kappa shape index (κ3) is 2.78. The summed E-state index contributed by atoms with van der Waals surface area (Å²) in [7, 11) is 0. The van der Waals surface area contributed by atoms with Gasteiger partial charge in [-0.15, -0.1) is 0 Å². The van der Waals surface area contributed by atoms with Crippen molar-refractivity contribution in [2.75, 3.05) is 6.61 Å². The van der Waals surface area contributed by atoms with Crippen molar-refractivity contribution >= 4 is 22.4 Å². The molecule has 0 aliphatic rings. The SMILES string of the molecule is Cc1c(OCC(=O)c2c[nH]c3ccccc23)cccc1[N+](=O)[O-]. The lowest BCUT2D eigenvalue weighted by Crippen LogP contribution is -2.12. The maximum absolute atomic E-state index is 12.3. The number of fused-ring (bicyclic) bond motifs is 1. The van der Waals surface area contributed by atoms with Crippen molar-refractivity contribution in [3.8, 4) is 5.75 Å². The first-order valence-corrected chi connectivity index (χ1v) is 7.04. The lowest BCUT2D eigenvalue weighted by molar-refractivity contribution is -0.385. The van der Waals surface area contributed by atoms with Crippen molar-refractivity contribution in [2.24, 2.45) is 0 Å². The molecule has 0 aliphatic heterocycles. The fraction of sp³-hybridized carbons (Fsp3) is 0.118. The fourth-order valence-corrected chi connectivity index (χ4v) is 2.48. The standard InChI is InChI=1S/C17H14N2O4/c1-11-15(19(21)22)7-4-8-17(11)23-10-16(20)13-9-18-14-6-3-2-5-12(13)14/h2-9,18H,10H2,1H3. The molecule has 1 N–H and O–H groups in total. The predicted octanol–water partition coefficient (Wildman–Crippen LogP) is 3.65. The van der Waals surface area contributed by atoms with Crippen LogP contribution in [0.1, 0.15) is 15.9 Å². The van der Waals surface area contributed by atoms with E-state index in [-0.39, 0.29) is 18.1 Å². The van der Waals surface area contributed by atoms with Gasteiger partial charge < -0.3 is 9.72 Å². The molecule has 1 aromatic heterocycles. The Morgan fingerprint density at radius 2 is 2.00 bits per heavy atom. The Bertz CT molecular complexity index is 898. The minimum atomic E-state index is -0.469. The molecule has 3 rings (SSSR count). The van der Waals surface area contributed by atoms with E-state index in [1.165, 1.54) is 12.1 Å². The van der Waals surface area contributed by atoms with Crippen LogP contribution in [0.2, 0.25) is 0 Å². The van der Waals surface area contributed by atoms with Gasteiger partial charge in [0.2, 0.25) is 5.78 Å². The molecule has 0 saturated carbocycles. The Hall–Kier alpha value is -3.15. The van der Waals surface area contributed by atoms with E-state index in [0.29, 0.717) is 16.9 Å². The van der Waals surface area contributed by atoms with Gasteiger partial charge in [-0.2, -0.15) is 0 Å². The van der Waals surface area contributed by atoms with Gasteiger partial charge in [0.1, 0.15) is 5.75 Å². The monoisotopic (exact) mass is 310 g/mol. The summed E-state index contributed by atoms with van der Waals surface area (Å²) in [6.45, 7) is 1.42. The number of aromatic amines is 1. The third-order valence-corrected chi connectivity index (χ3v) is 3.70. The lowest BCUT2D eigenvalue weighted by atomic mass is 10.1. The molecule has 0 amide bonds. The zero-order valence-corrected chi connectivity index (χ0v) is 12.4. The zero-order chi connectivity index (χ0) is 16.4. The molecule has 0 unspecified atom stereocenters. The van der Waals surface area contributed by atoms with Gasteiger partial charge in [0.15, 0.2) is 6.61 Å². The van der Waals surface area contributed by atoms with E-state index in [2.05, 4.69) is 4.98 Å². The molecule has 6 heteroatoms. The van der Waals surface area contributed by atoms with Crippen LogP contribution in [0.4, 0.5) is 5.69 Å². The predicted molar refractivity (Wildman–Crippen MR) is 86.0 cm³/mol. The Labute approximate surface area is 131 Å². The Morgan fingerprint density at radius 1 is 1.22 bits per heavy atom. The van der Waals surface area contributed by atoms with Crippen molar-refractivity contribution < 1.29 is 14.5 Å². The van der Waals surface area contributed by atoms with Gasteiger partial charge in [-0.05, 0) is 19.1 Å². The topological polar surface area (TPSA) is 85.2 Å². The van der Waals surface area contributed by atoms with E-state index in [9.17, 15) is 14.9 Å². The van der Waals surface area contributed by atoms with E-state index >= 15 is 0 Å². The summed E-state index contributed by atoms with van der Waals surface area (Å²) in [5.41, 5.74) is 1.80. The number of carbonyl (C=O) groups excluding carboxylic acids is 1. The second-order valence-electron chi connectivity index (χ2n) is 5.12. The summed E-state index contributed by atoms with van der Waals surface area (Å²) < 4.78 is 5.49. The molecule has 0 atom stereocenters. The minimum Gasteiger partial charge on any atom is -0.485 e. The van der Waals surface area contributed by atoms with E-state index in [0.717, 1.165) is 10.9 Å². The van der Waals surface area contributed by atoms with Crippen LogP contribution in [0.25, 0.3) is 10.9 Å². The van der Waals surface area contributed by atoms with E-state index in [1.807, 2.05) is 24.3 Å². The van der Waals surface area contributed by atoms with Gasteiger partial charge in [-0.3, -0.25) is 14.9 Å². The van der Waals surface area contributed by atoms with E-state index in [1.54, 1.807) is 19.2 Å². The van der Waals surface area contributed by atoms with Crippen LogP contribution in [-0.4, -0.2) is 22.3 Å². The van der Waals surface area contributed by atoms with E-state index < -0.39 is 4.92 Å².